The van der Waals surface area contributed by atoms with Gasteiger partial charge >= 0.3 is 12.4 Å². The number of rotatable bonds is 3. The van der Waals surface area contributed by atoms with E-state index in [-0.39, 0.29) is 6.07 Å². The highest BCUT2D eigenvalue weighted by Gasteiger charge is 2.49. The van der Waals surface area contributed by atoms with Gasteiger partial charge in [-0.15, -0.1) is 0 Å². The lowest BCUT2D eigenvalue weighted by molar-refractivity contribution is -0.202. The van der Waals surface area contributed by atoms with Gasteiger partial charge in [0.05, 0.1) is 22.1 Å². The minimum atomic E-state index is -4.89. The van der Waals surface area contributed by atoms with Gasteiger partial charge in [0.25, 0.3) is 5.91 Å². The Balaban J connectivity index is 1.86. The van der Waals surface area contributed by atoms with Crippen molar-refractivity contribution in [1.29, 1.82) is 0 Å². The molecule has 0 spiro atoms. The van der Waals surface area contributed by atoms with Gasteiger partial charge in [-0.3, -0.25) is 4.79 Å². The minimum Gasteiger partial charge on any atom is -0.397 e. The summed E-state index contributed by atoms with van der Waals surface area (Å²) in [5, 5.41) is 0. The molecule has 1 saturated heterocycles. The van der Waals surface area contributed by atoms with E-state index in [1.54, 1.807) is 0 Å². The van der Waals surface area contributed by atoms with Crippen LogP contribution in [0.25, 0.3) is 0 Å². The van der Waals surface area contributed by atoms with Crippen molar-refractivity contribution < 1.29 is 43.9 Å². The van der Waals surface area contributed by atoms with E-state index in [4.69, 9.17) is 5.73 Å². The molecule has 31 heavy (non-hydrogen) atoms. The van der Waals surface area contributed by atoms with Crippen LogP contribution < -0.4 is 5.73 Å². The predicted octanol–water partition coefficient (Wildman–Crippen LogP) is 3.29. The van der Waals surface area contributed by atoms with Crippen molar-refractivity contribution in [2.75, 3.05) is 18.8 Å². The second-order valence-corrected chi connectivity index (χ2v) is 8.62. The molecule has 0 aliphatic carbocycles. The van der Waals surface area contributed by atoms with Crippen molar-refractivity contribution in [1.82, 2.24) is 9.88 Å². The molecular weight excluding hydrogens is 459 g/mol. The van der Waals surface area contributed by atoms with Gasteiger partial charge in [0.1, 0.15) is 10.7 Å². The van der Waals surface area contributed by atoms with E-state index in [1.165, 1.54) is 0 Å². The average Bonchev–Trinajstić information content (AvgIpc) is 2.57. The maximum atomic E-state index is 14.1. The van der Waals surface area contributed by atoms with Crippen LogP contribution in [0.1, 0.15) is 16.1 Å². The minimum absolute atomic E-state index is 0.0164. The number of hydrogen-bond donors (Lipinski definition) is 1. The van der Waals surface area contributed by atoms with Crippen LogP contribution in [0.3, 0.4) is 0 Å². The first-order valence-electron chi connectivity index (χ1n) is 8.35. The Morgan fingerprint density at radius 1 is 1.10 bits per heavy atom. The Labute approximate surface area is 170 Å². The van der Waals surface area contributed by atoms with E-state index < -0.39 is 79.7 Å². The Morgan fingerprint density at radius 2 is 1.71 bits per heavy atom. The molecule has 168 valence electrons. The normalized spacial score (nSPS) is 15.6. The lowest BCUT2D eigenvalue weighted by Crippen LogP contribution is -2.55. The van der Waals surface area contributed by atoms with Gasteiger partial charge in [-0.2, -0.15) is 26.3 Å². The van der Waals surface area contributed by atoms with Crippen molar-refractivity contribution in [3.8, 4) is 0 Å². The van der Waals surface area contributed by atoms with Gasteiger partial charge in [0.15, 0.2) is 5.69 Å². The molecule has 1 aliphatic rings. The first-order chi connectivity index (χ1) is 14.1. The Bertz CT molecular complexity index is 1140. The molecule has 14 heteroatoms. The summed E-state index contributed by atoms with van der Waals surface area (Å²) in [6.07, 6.45) is -8.74. The maximum Gasteiger partial charge on any atom is 0.416 e. The zero-order valence-corrected chi connectivity index (χ0v) is 15.9. The van der Waals surface area contributed by atoms with Crippen molar-refractivity contribution in [3.63, 3.8) is 0 Å². The number of benzene rings is 1. The highest BCUT2D eigenvalue weighted by atomic mass is 32.2. The van der Waals surface area contributed by atoms with Gasteiger partial charge < -0.3 is 10.6 Å². The van der Waals surface area contributed by atoms with Crippen LogP contribution >= 0.6 is 0 Å². The van der Waals surface area contributed by atoms with Crippen LogP contribution in [0.15, 0.2) is 40.3 Å². The molecule has 3 rings (SSSR count). The number of alkyl halides is 6. The molecule has 1 fully saturated rings. The summed E-state index contributed by atoms with van der Waals surface area (Å²) < 4.78 is 115. The first kappa shape index (κ1) is 22.8. The number of nitrogens with zero attached hydrogens (tertiary/aromatic N) is 2. The highest BCUT2D eigenvalue weighted by Crippen LogP contribution is 2.35. The first-order valence-corrected chi connectivity index (χ1v) is 9.84. The fourth-order valence-electron chi connectivity index (χ4n) is 2.81. The Kier molecular flexibility index (Phi) is 5.40. The lowest BCUT2D eigenvalue weighted by Gasteiger charge is -2.39. The van der Waals surface area contributed by atoms with Gasteiger partial charge in [0, 0.05) is 19.3 Å². The maximum absolute atomic E-state index is 14.1. The zero-order valence-electron chi connectivity index (χ0n) is 15.1. The van der Waals surface area contributed by atoms with Gasteiger partial charge in [-0.1, -0.05) is 0 Å². The lowest BCUT2D eigenvalue weighted by atomic mass is 9.99. The number of sulfone groups is 1. The van der Waals surface area contributed by atoms with Crippen LogP contribution in [0, 0.1) is 11.7 Å². The summed E-state index contributed by atoms with van der Waals surface area (Å²) in [6, 6.07) is 1.56. The fourth-order valence-corrected chi connectivity index (χ4v) is 4.10. The number of anilines is 1. The zero-order chi connectivity index (χ0) is 23.4. The van der Waals surface area contributed by atoms with Crippen LogP contribution in [0.2, 0.25) is 0 Å². The Hall–Kier alpha value is -2.90. The van der Waals surface area contributed by atoms with E-state index in [1.807, 2.05) is 0 Å². The summed E-state index contributed by atoms with van der Waals surface area (Å²) in [7, 11) is -4.70. The van der Waals surface area contributed by atoms with Crippen molar-refractivity contribution >= 4 is 21.4 Å². The summed E-state index contributed by atoms with van der Waals surface area (Å²) in [5.41, 5.74) is 3.21. The van der Waals surface area contributed by atoms with E-state index in [2.05, 4.69) is 4.98 Å². The van der Waals surface area contributed by atoms with Gasteiger partial charge in [-0.25, -0.2) is 17.8 Å². The number of carbonyl (C=O) groups is 1. The molecule has 0 atom stereocenters. The average molecular weight is 471 g/mol. The van der Waals surface area contributed by atoms with E-state index in [9.17, 15) is 43.9 Å². The molecule has 0 radical (unpaired) electrons. The molecule has 0 bridgehead atoms. The quantitative estimate of drug-likeness (QED) is 0.694. The van der Waals surface area contributed by atoms with Crippen molar-refractivity contribution in [2.45, 2.75) is 22.1 Å². The number of hydrogen-bond acceptors (Lipinski definition) is 5. The van der Waals surface area contributed by atoms with Crippen LogP contribution in [-0.4, -0.2) is 43.5 Å². The van der Waals surface area contributed by atoms with Crippen LogP contribution in [0.5, 0.6) is 0 Å². The third-order valence-corrected chi connectivity index (χ3v) is 6.34. The topological polar surface area (TPSA) is 93.4 Å². The summed E-state index contributed by atoms with van der Waals surface area (Å²) in [6.45, 7) is -1.22. The molecular formula is C17H12F7N3O3S. The van der Waals surface area contributed by atoms with Crippen molar-refractivity contribution in [3.05, 3.63) is 47.5 Å². The summed E-state index contributed by atoms with van der Waals surface area (Å²) in [4.78, 5) is 14.8. The number of likely N-dealkylation sites (tertiary alicyclic amines) is 1. The molecule has 2 N–H and O–H groups in total. The van der Waals surface area contributed by atoms with E-state index in [0.29, 0.717) is 18.3 Å². The summed E-state index contributed by atoms with van der Waals surface area (Å²) >= 11 is 0. The monoisotopic (exact) mass is 471 g/mol. The van der Waals surface area contributed by atoms with Crippen LogP contribution in [0.4, 0.5) is 36.4 Å². The Morgan fingerprint density at radius 3 is 2.19 bits per heavy atom. The number of nitrogen functional groups attached to an aromatic ring is 1. The molecule has 2 heterocycles. The largest absolute Gasteiger partial charge is 0.416 e. The number of carbonyl (C=O) groups excluding carboxylic acids is 1. The third kappa shape index (κ3) is 4.29. The number of nitrogens with two attached hydrogens (primary N) is 1. The summed E-state index contributed by atoms with van der Waals surface area (Å²) in [5.74, 6) is -4.31. The molecule has 1 aromatic heterocycles. The highest BCUT2D eigenvalue weighted by molar-refractivity contribution is 7.91. The molecule has 0 unspecified atom stereocenters. The molecule has 1 aromatic carbocycles. The second-order valence-electron chi connectivity index (χ2n) is 6.70. The van der Waals surface area contributed by atoms with E-state index >= 15 is 0 Å². The molecule has 1 aliphatic heterocycles. The van der Waals surface area contributed by atoms with Crippen LogP contribution in [-0.2, 0) is 16.0 Å². The number of aromatic nitrogens is 1. The molecule has 0 saturated carbocycles. The third-order valence-electron chi connectivity index (χ3n) is 4.59. The van der Waals surface area contributed by atoms with E-state index in [0.717, 1.165) is 11.0 Å². The SMILES string of the molecule is Nc1cc(S(=O)(=O)c2ccc(C(F)(F)F)cc2F)cnc1C(=O)N1CC(C(F)(F)F)C1. The fraction of sp³-hybridized carbons (Fsp3) is 0.294. The van der Waals surface area contributed by atoms with Gasteiger partial charge in [-0.05, 0) is 24.3 Å². The predicted molar refractivity (Wildman–Crippen MR) is 91.0 cm³/mol. The smallest absolute Gasteiger partial charge is 0.397 e. The standard InChI is InChI=1S/C17H12F7N3O3S/c18-11-3-8(16(19,20)21)1-2-13(11)31(29,30)10-4-12(25)14(26-5-10)15(28)27-6-9(7-27)17(22,23)24/h1-5,9H,6-7,25H2. The molecule has 1 amide bonds. The number of pyridine rings is 1. The van der Waals surface area contributed by atoms with Gasteiger partial charge in [0.2, 0.25) is 9.84 Å². The molecule has 2 aromatic rings. The second kappa shape index (κ2) is 7.35. The number of halogens is 7. The van der Waals surface area contributed by atoms with Crippen molar-refractivity contribution in [2.24, 2.45) is 5.92 Å². The molecule has 6 nitrogen and oxygen atoms in total. The number of amides is 1.